The molecule has 0 aromatic heterocycles. The Bertz CT molecular complexity index is 135. The molecule has 0 spiro atoms. The summed E-state index contributed by atoms with van der Waals surface area (Å²) in [6, 6.07) is 0. The van der Waals surface area contributed by atoms with Crippen molar-refractivity contribution in [3.63, 3.8) is 0 Å². The van der Waals surface area contributed by atoms with E-state index in [9.17, 15) is 0 Å². The van der Waals surface area contributed by atoms with E-state index in [0.29, 0.717) is 12.5 Å². The first-order valence-electron chi connectivity index (χ1n) is 5.15. The Hall–Kier alpha value is 0.400. The molecule has 1 unspecified atom stereocenters. The molecule has 1 aliphatic heterocycles. The van der Waals surface area contributed by atoms with Gasteiger partial charge in [-0.05, 0) is 37.8 Å². The van der Waals surface area contributed by atoms with Crippen molar-refractivity contribution in [3.8, 4) is 0 Å². The van der Waals surface area contributed by atoms with Gasteiger partial charge in [-0.2, -0.15) is 0 Å². The second-order valence-electron chi connectivity index (χ2n) is 4.19. The number of nitrogens with zero attached hydrogens (tertiary/aromatic N) is 1. The van der Waals surface area contributed by atoms with E-state index in [1.165, 1.54) is 32.5 Å². The van der Waals surface area contributed by atoms with Crippen molar-refractivity contribution in [1.29, 1.82) is 0 Å². The maximum atomic E-state index is 8.98. The van der Waals surface area contributed by atoms with Crippen molar-refractivity contribution in [2.45, 2.75) is 19.8 Å². The molecule has 3 heteroatoms. The Labute approximate surface area is 89.4 Å². The van der Waals surface area contributed by atoms with Gasteiger partial charge in [0.1, 0.15) is 0 Å². The predicted octanol–water partition coefficient (Wildman–Crippen LogP) is 1.72. The van der Waals surface area contributed by atoms with Crippen LogP contribution in [0.2, 0.25) is 0 Å². The third-order valence-electron chi connectivity index (χ3n) is 2.80. The quantitative estimate of drug-likeness (QED) is 0.768. The van der Waals surface area contributed by atoms with Crippen LogP contribution >= 0.6 is 15.9 Å². The van der Waals surface area contributed by atoms with Crippen LogP contribution in [0, 0.1) is 11.8 Å². The van der Waals surface area contributed by atoms with Gasteiger partial charge < -0.3 is 10.0 Å². The Morgan fingerprint density at radius 3 is 2.54 bits per heavy atom. The van der Waals surface area contributed by atoms with Crippen LogP contribution in [0.15, 0.2) is 0 Å². The summed E-state index contributed by atoms with van der Waals surface area (Å²) in [5.74, 6) is 1.31. The second kappa shape index (κ2) is 5.99. The third-order valence-corrected chi connectivity index (χ3v) is 3.90. The highest BCUT2D eigenvalue weighted by Crippen LogP contribution is 2.17. The molecular formula is C10H20BrNO. The molecule has 0 bridgehead atoms. The highest BCUT2D eigenvalue weighted by atomic mass is 79.9. The van der Waals surface area contributed by atoms with Crippen LogP contribution in [-0.2, 0) is 0 Å². The maximum Gasteiger partial charge on any atom is 0.0460 e. The Balaban J connectivity index is 2.17. The first-order valence-corrected chi connectivity index (χ1v) is 6.27. The van der Waals surface area contributed by atoms with Gasteiger partial charge in [0.25, 0.3) is 0 Å². The van der Waals surface area contributed by atoms with E-state index >= 15 is 0 Å². The van der Waals surface area contributed by atoms with Gasteiger partial charge in [-0.25, -0.2) is 0 Å². The summed E-state index contributed by atoms with van der Waals surface area (Å²) < 4.78 is 0. The van der Waals surface area contributed by atoms with Crippen LogP contribution < -0.4 is 0 Å². The minimum absolute atomic E-state index is 0.377. The second-order valence-corrected chi connectivity index (χ2v) is 4.83. The van der Waals surface area contributed by atoms with Crippen LogP contribution in [0.25, 0.3) is 0 Å². The molecule has 0 saturated carbocycles. The molecule has 1 heterocycles. The lowest BCUT2D eigenvalue weighted by atomic mass is 9.97. The number of hydrogen-bond acceptors (Lipinski definition) is 2. The lowest BCUT2D eigenvalue weighted by Gasteiger charge is -2.32. The standard InChI is InChI=1S/C10H20BrNO/c1-9(6-11)7-12-4-2-10(8-13)3-5-12/h9-10,13H,2-8H2,1H3. The van der Waals surface area contributed by atoms with Crippen molar-refractivity contribution >= 4 is 15.9 Å². The fourth-order valence-corrected chi connectivity index (χ4v) is 2.05. The first kappa shape index (κ1) is 11.5. The molecule has 1 N–H and O–H groups in total. The van der Waals surface area contributed by atoms with Crippen LogP contribution in [-0.4, -0.2) is 41.6 Å². The van der Waals surface area contributed by atoms with Gasteiger partial charge in [0.15, 0.2) is 0 Å². The minimum atomic E-state index is 0.377. The zero-order chi connectivity index (χ0) is 9.68. The average Bonchev–Trinajstić information content (AvgIpc) is 2.19. The fourth-order valence-electron chi connectivity index (χ4n) is 1.84. The molecule has 1 rings (SSSR count). The molecule has 0 aromatic rings. The van der Waals surface area contributed by atoms with Crippen molar-refractivity contribution in [3.05, 3.63) is 0 Å². The molecule has 0 aliphatic carbocycles. The van der Waals surface area contributed by atoms with Gasteiger partial charge in [-0.15, -0.1) is 0 Å². The molecule has 0 radical (unpaired) electrons. The minimum Gasteiger partial charge on any atom is -0.396 e. The van der Waals surface area contributed by atoms with Crippen LogP contribution in [0.1, 0.15) is 19.8 Å². The SMILES string of the molecule is CC(CBr)CN1CCC(CO)CC1. The van der Waals surface area contributed by atoms with E-state index in [1.54, 1.807) is 0 Å². The van der Waals surface area contributed by atoms with Crippen LogP contribution in [0.3, 0.4) is 0 Å². The highest BCUT2D eigenvalue weighted by molar-refractivity contribution is 9.09. The van der Waals surface area contributed by atoms with Gasteiger partial charge in [-0.3, -0.25) is 0 Å². The molecule has 78 valence electrons. The Kier molecular flexibility index (Phi) is 5.29. The van der Waals surface area contributed by atoms with E-state index in [-0.39, 0.29) is 0 Å². The maximum absolute atomic E-state index is 8.98. The van der Waals surface area contributed by atoms with Gasteiger partial charge in [-0.1, -0.05) is 22.9 Å². The number of hydrogen-bond donors (Lipinski definition) is 1. The van der Waals surface area contributed by atoms with Crippen LogP contribution in [0.4, 0.5) is 0 Å². The largest absolute Gasteiger partial charge is 0.396 e. The molecular weight excluding hydrogens is 230 g/mol. The third kappa shape index (κ3) is 3.96. The summed E-state index contributed by atoms with van der Waals surface area (Å²) in [5.41, 5.74) is 0. The number of piperidine rings is 1. The van der Waals surface area contributed by atoms with Gasteiger partial charge in [0.2, 0.25) is 0 Å². The Morgan fingerprint density at radius 2 is 2.08 bits per heavy atom. The van der Waals surface area contributed by atoms with E-state index in [4.69, 9.17) is 5.11 Å². The average molecular weight is 250 g/mol. The number of halogens is 1. The Morgan fingerprint density at radius 1 is 1.46 bits per heavy atom. The van der Waals surface area contributed by atoms with E-state index in [1.807, 2.05) is 0 Å². The normalized spacial score (nSPS) is 23.3. The summed E-state index contributed by atoms with van der Waals surface area (Å²) in [5, 5.41) is 10.1. The number of aliphatic hydroxyl groups is 1. The van der Waals surface area contributed by atoms with E-state index in [0.717, 1.165) is 11.2 Å². The summed E-state index contributed by atoms with van der Waals surface area (Å²) >= 11 is 3.50. The topological polar surface area (TPSA) is 23.5 Å². The monoisotopic (exact) mass is 249 g/mol. The number of likely N-dealkylation sites (tertiary alicyclic amines) is 1. The van der Waals surface area contributed by atoms with E-state index < -0.39 is 0 Å². The van der Waals surface area contributed by atoms with Crippen molar-refractivity contribution in [2.75, 3.05) is 31.6 Å². The summed E-state index contributed by atoms with van der Waals surface area (Å²) in [4.78, 5) is 2.51. The van der Waals surface area contributed by atoms with Gasteiger partial charge >= 0.3 is 0 Å². The molecule has 1 aliphatic rings. The van der Waals surface area contributed by atoms with Crippen molar-refractivity contribution in [2.24, 2.45) is 11.8 Å². The number of alkyl halides is 1. The number of rotatable bonds is 4. The molecule has 13 heavy (non-hydrogen) atoms. The van der Waals surface area contributed by atoms with Crippen molar-refractivity contribution in [1.82, 2.24) is 4.90 Å². The summed E-state index contributed by atoms with van der Waals surface area (Å²) in [6.07, 6.45) is 2.34. The molecule has 1 saturated heterocycles. The van der Waals surface area contributed by atoms with E-state index in [2.05, 4.69) is 27.8 Å². The lowest BCUT2D eigenvalue weighted by molar-refractivity contribution is 0.124. The smallest absolute Gasteiger partial charge is 0.0460 e. The zero-order valence-corrected chi connectivity index (χ0v) is 9.96. The predicted molar refractivity (Wildman–Crippen MR) is 59.2 cm³/mol. The summed E-state index contributed by atoms with van der Waals surface area (Å²) in [6.45, 7) is 6.18. The molecule has 0 amide bonds. The highest BCUT2D eigenvalue weighted by Gasteiger charge is 2.19. The summed E-state index contributed by atoms with van der Waals surface area (Å²) in [7, 11) is 0. The molecule has 1 atom stereocenters. The van der Waals surface area contributed by atoms with Gasteiger partial charge in [0, 0.05) is 18.5 Å². The van der Waals surface area contributed by atoms with Crippen molar-refractivity contribution < 1.29 is 5.11 Å². The fraction of sp³-hybridized carbons (Fsp3) is 1.00. The first-order chi connectivity index (χ1) is 6.26. The van der Waals surface area contributed by atoms with Gasteiger partial charge in [0.05, 0.1) is 0 Å². The zero-order valence-electron chi connectivity index (χ0n) is 8.38. The van der Waals surface area contributed by atoms with Crippen LogP contribution in [0.5, 0.6) is 0 Å². The molecule has 1 fully saturated rings. The molecule has 2 nitrogen and oxygen atoms in total. The molecule has 0 aromatic carbocycles. The lowest BCUT2D eigenvalue weighted by Crippen LogP contribution is -2.37. The number of aliphatic hydroxyl groups excluding tert-OH is 1.